The normalized spacial score (nSPS) is 16.4. The van der Waals surface area contributed by atoms with Gasteiger partial charge in [0.1, 0.15) is 11.5 Å². The minimum atomic E-state index is -0.312. The number of amides is 1. The lowest BCUT2D eigenvalue weighted by Gasteiger charge is -2.25. The molecule has 1 atom stereocenters. The van der Waals surface area contributed by atoms with E-state index in [1.165, 1.54) is 10.5 Å². The summed E-state index contributed by atoms with van der Waals surface area (Å²) >= 11 is 0. The van der Waals surface area contributed by atoms with Gasteiger partial charge in [0, 0.05) is 18.5 Å². The van der Waals surface area contributed by atoms with Crippen LogP contribution in [0.15, 0.2) is 17.7 Å². The van der Waals surface area contributed by atoms with Crippen molar-refractivity contribution in [3.05, 3.63) is 40.2 Å². The number of benzene rings is 1. The number of unbranched alkanes of at least 4 members (excludes halogenated alkanes) is 2. The van der Waals surface area contributed by atoms with E-state index in [0.29, 0.717) is 23.4 Å². The van der Waals surface area contributed by atoms with Crippen molar-refractivity contribution in [1.29, 1.82) is 0 Å². The number of aromatic amines is 1. The first-order chi connectivity index (χ1) is 14.4. The zero-order valence-electron chi connectivity index (χ0n) is 18.0. The molecule has 1 aromatic carbocycles. The number of hydrogen-bond donors (Lipinski definition) is 3. The number of nitrogens with one attached hydrogen (secondary N) is 1. The lowest BCUT2D eigenvalue weighted by molar-refractivity contribution is 0.0777. The molecule has 8 heteroatoms. The van der Waals surface area contributed by atoms with Crippen LogP contribution < -0.4 is 0 Å². The molecule has 0 spiro atoms. The van der Waals surface area contributed by atoms with Crippen molar-refractivity contribution in [2.24, 2.45) is 0 Å². The van der Waals surface area contributed by atoms with Crippen LogP contribution in [0.25, 0.3) is 0 Å². The van der Waals surface area contributed by atoms with Crippen LogP contribution >= 0.6 is 0 Å². The van der Waals surface area contributed by atoms with Gasteiger partial charge in [-0.2, -0.15) is 0 Å². The molecule has 0 aliphatic heterocycles. The first kappa shape index (κ1) is 21.8. The molecule has 0 radical (unpaired) electrons. The van der Waals surface area contributed by atoms with E-state index in [2.05, 4.69) is 40.5 Å². The Kier molecular flexibility index (Phi) is 7.07. The van der Waals surface area contributed by atoms with Gasteiger partial charge in [-0.15, -0.1) is 5.10 Å². The number of rotatable bonds is 8. The summed E-state index contributed by atoms with van der Waals surface area (Å²) in [5.74, 6) is 0.00761. The molecule has 1 aromatic heterocycles. The van der Waals surface area contributed by atoms with Crippen LogP contribution in [0.5, 0.6) is 11.5 Å². The molecule has 30 heavy (non-hydrogen) atoms. The average Bonchev–Trinajstić information content (AvgIpc) is 3.21. The molecule has 3 N–H and O–H groups in total. The largest absolute Gasteiger partial charge is 0.507 e. The number of aromatic nitrogens is 4. The number of phenolic OH excluding ortho intramolecular Hbond substituents is 2. The van der Waals surface area contributed by atoms with E-state index >= 15 is 0 Å². The Morgan fingerprint density at radius 2 is 2.13 bits per heavy atom. The van der Waals surface area contributed by atoms with Crippen LogP contribution in [0.1, 0.15) is 85.6 Å². The molecule has 1 heterocycles. The fourth-order valence-electron chi connectivity index (χ4n) is 4.16. The summed E-state index contributed by atoms with van der Waals surface area (Å²) in [5.41, 5.74) is 2.63. The van der Waals surface area contributed by atoms with Gasteiger partial charge in [-0.25, -0.2) is 5.10 Å². The van der Waals surface area contributed by atoms with Crippen LogP contribution in [0.4, 0.5) is 0 Å². The maximum Gasteiger partial charge on any atom is 0.258 e. The Hall–Kier alpha value is -2.90. The molecule has 3 rings (SSSR count). The highest BCUT2D eigenvalue weighted by Gasteiger charge is 2.29. The van der Waals surface area contributed by atoms with Gasteiger partial charge >= 0.3 is 0 Å². The summed E-state index contributed by atoms with van der Waals surface area (Å²) in [7, 11) is 1.65. The van der Waals surface area contributed by atoms with Crippen molar-refractivity contribution in [2.45, 2.75) is 71.3 Å². The maximum absolute atomic E-state index is 13.3. The van der Waals surface area contributed by atoms with E-state index in [1.807, 2.05) is 0 Å². The molecule has 0 saturated heterocycles. The van der Waals surface area contributed by atoms with Crippen molar-refractivity contribution in [2.75, 3.05) is 7.05 Å². The number of aromatic hydroxyl groups is 2. The fraction of sp³-hybridized carbons (Fsp3) is 0.545. The quantitative estimate of drug-likeness (QED) is 0.447. The second kappa shape index (κ2) is 9.73. The molecule has 0 bridgehead atoms. The van der Waals surface area contributed by atoms with Crippen LogP contribution in [0.3, 0.4) is 0 Å². The van der Waals surface area contributed by atoms with Gasteiger partial charge in [0.05, 0.1) is 12.1 Å². The molecule has 1 aliphatic carbocycles. The Balaban J connectivity index is 2.01. The van der Waals surface area contributed by atoms with E-state index in [-0.39, 0.29) is 35.4 Å². The summed E-state index contributed by atoms with van der Waals surface area (Å²) in [6.45, 7) is 4.37. The number of carbonyl (C=O) groups is 1. The lowest BCUT2D eigenvalue weighted by Crippen LogP contribution is -2.28. The molecule has 0 fully saturated rings. The van der Waals surface area contributed by atoms with Crippen molar-refractivity contribution in [3.8, 4) is 11.5 Å². The number of hydrogen-bond acceptors (Lipinski definition) is 6. The Labute approximate surface area is 177 Å². The minimum absolute atomic E-state index is 0.0635. The average molecular weight is 414 g/mol. The summed E-state index contributed by atoms with van der Waals surface area (Å²) < 4.78 is 0. The van der Waals surface area contributed by atoms with Crippen LogP contribution in [-0.4, -0.2) is 48.7 Å². The van der Waals surface area contributed by atoms with Gasteiger partial charge in [-0.1, -0.05) is 31.4 Å². The Morgan fingerprint density at radius 1 is 1.33 bits per heavy atom. The number of nitrogens with zero attached hydrogens (tertiary/aromatic N) is 4. The molecular weight excluding hydrogens is 382 g/mol. The molecular formula is C22H31N5O3. The highest BCUT2D eigenvalue weighted by molar-refractivity contribution is 5.99. The summed E-state index contributed by atoms with van der Waals surface area (Å²) in [4.78, 5) is 14.8. The predicted molar refractivity (Wildman–Crippen MR) is 113 cm³/mol. The minimum Gasteiger partial charge on any atom is -0.507 e. The zero-order valence-corrected chi connectivity index (χ0v) is 18.0. The predicted octanol–water partition coefficient (Wildman–Crippen LogP) is 3.83. The molecule has 1 unspecified atom stereocenters. The van der Waals surface area contributed by atoms with Gasteiger partial charge in [0.2, 0.25) is 0 Å². The number of allylic oxidation sites excluding steroid dienone is 2. The first-order valence-corrected chi connectivity index (χ1v) is 10.6. The second-order valence-corrected chi connectivity index (χ2v) is 8.17. The third kappa shape index (κ3) is 4.80. The van der Waals surface area contributed by atoms with Crippen molar-refractivity contribution >= 4 is 5.91 Å². The number of H-pyrrole nitrogens is 1. The molecule has 2 aromatic rings. The van der Waals surface area contributed by atoms with E-state index in [0.717, 1.165) is 38.5 Å². The summed E-state index contributed by atoms with van der Waals surface area (Å²) in [5, 5.41) is 35.5. The SMILES string of the molecule is CCCCCc1cc(O)c(C2C=C(C)CCC2)c(O)c1C(=O)N(C)Cc1nnn[nH]1. The van der Waals surface area contributed by atoms with Gasteiger partial charge in [0.15, 0.2) is 5.82 Å². The second-order valence-electron chi connectivity index (χ2n) is 8.17. The van der Waals surface area contributed by atoms with Crippen molar-refractivity contribution in [3.63, 3.8) is 0 Å². The molecule has 8 nitrogen and oxygen atoms in total. The number of tetrazole rings is 1. The Morgan fingerprint density at radius 3 is 2.80 bits per heavy atom. The highest BCUT2D eigenvalue weighted by Crippen LogP contribution is 2.44. The summed E-state index contributed by atoms with van der Waals surface area (Å²) in [6, 6.07) is 1.67. The highest BCUT2D eigenvalue weighted by atomic mass is 16.3. The topological polar surface area (TPSA) is 115 Å². The molecule has 1 amide bonds. The van der Waals surface area contributed by atoms with Crippen LogP contribution in [0, 0.1) is 0 Å². The molecule has 162 valence electrons. The molecule has 0 saturated carbocycles. The number of carbonyl (C=O) groups excluding carboxylic acids is 1. The zero-order chi connectivity index (χ0) is 21.7. The van der Waals surface area contributed by atoms with Gasteiger partial charge in [-0.05, 0) is 61.1 Å². The molecule has 1 aliphatic rings. The van der Waals surface area contributed by atoms with E-state index in [4.69, 9.17) is 0 Å². The van der Waals surface area contributed by atoms with Gasteiger partial charge in [0.25, 0.3) is 5.91 Å². The Bertz CT molecular complexity index is 908. The smallest absolute Gasteiger partial charge is 0.258 e. The van der Waals surface area contributed by atoms with Gasteiger partial charge in [-0.3, -0.25) is 4.79 Å². The first-order valence-electron chi connectivity index (χ1n) is 10.6. The summed E-state index contributed by atoms with van der Waals surface area (Å²) in [6.07, 6.45) is 8.50. The standard InChI is InChI=1S/C22H31N5O3/c1-4-5-6-9-16-12-17(28)19(15-10-7-8-14(2)11-15)21(29)20(16)22(30)27(3)13-18-23-25-26-24-18/h11-12,15,28-29H,4-10,13H2,1-3H3,(H,23,24,25,26). The number of phenols is 2. The maximum atomic E-state index is 13.3. The number of aryl methyl sites for hydroxylation is 1. The fourth-order valence-corrected chi connectivity index (χ4v) is 4.16. The van der Waals surface area contributed by atoms with E-state index in [1.54, 1.807) is 13.1 Å². The third-order valence-corrected chi connectivity index (χ3v) is 5.73. The third-order valence-electron chi connectivity index (χ3n) is 5.73. The monoisotopic (exact) mass is 413 g/mol. The van der Waals surface area contributed by atoms with Crippen molar-refractivity contribution < 1.29 is 15.0 Å². The van der Waals surface area contributed by atoms with Gasteiger partial charge < -0.3 is 15.1 Å². The van der Waals surface area contributed by atoms with Crippen LogP contribution in [-0.2, 0) is 13.0 Å². The van der Waals surface area contributed by atoms with E-state index < -0.39 is 0 Å². The van der Waals surface area contributed by atoms with Crippen LogP contribution in [0.2, 0.25) is 0 Å². The van der Waals surface area contributed by atoms with Crippen molar-refractivity contribution in [1.82, 2.24) is 25.5 Å². The lowest BCUT2D eigenvalue weighted by atomic mass is 9.83. The van der Waals surface area contributed by atoms with E-state index in [9.17, 15) is 15.0 Å².